The van der Waals surface area contributed by atoms with Crippen molar-refractivity contribution in [3.05, 3.63) is 10.4 Å². The number of hydrogen-bond acceptors (Lipinski definition) is 5. The summed E-state index contributed by atoms with van der Waals surface area (Å²) in [7, 11) is 1.23. The Kier molecular flexibility index (Phi) is 6.01. The zero-order chi connectivity index (χ0) is 16.4. The average molecular weight is 289 g/mol. The molecule has 0 saturated heterocycles. The van der Waals surface area contributed by atoms with Gasteiger partial charge < -0.3 is 10.4 Å². The summed E-state index contributed by atoms with van der Waals surface area (Å²) >= 11 is 0. The van der Waals surface area contributed by atoms with Crippen molar-refractivity contribution < 1.29 is 19.5 Å². The molecule has 7 nitrogen and oxygen atoms in total. The summed E-state index contributed by atoms with van der Waals surface area (Å²) in [4.78, 5) is 22.8. The van der Waals surface area contributed by atoms with Gasteiger partial charge in [0.2, 0.25) is 0 Å². The number of carbonyl (C=O) groups excluding carboxylic acids is 2. The van der Waals surface area contributed by atoms with Crippen LogP contribution in [0.1, 0.15) is 41.5 Å². The van der Waals surface area contributed by atoms with E-state index in [1.54, 1.807) is 13.8 Å². The number of quaternary nitrogens is 2. The van der Waals surface area contributed by atoms with Crippen molar-refractivity contribution in [2.75, 3.05) is 20.1 Å². The van der Waals surface area contributed by atoms with Gasteiger partial charge in [-0.25, -0.2) is 9.93 Å². The second-order valence-corrected chi connectivity index (χ2v) is 6.42. The van der Waals surface area contributed by atoms with Crippen LogP contribution < -0.4 is 10.5 Å². The van der Waals surface area contributed by atoms with E-state index in [2.05, 4.69) is 5.32 Å². The van der Waals surface area contributed by atoms with Gasteiger partial charge in [-0.05, 0) is 20.8 Å². The zero-order valence-electron chi connectivity index (χ0n) is 13.5. The number of hydroxylamine groups is 3. The minimum Gasteiger partial charge on any atom is -0.583 e. The molecule has 2 N–H and O–H groups in total. The molecular formula is C13H27N3O4. The molecule has 0 amide bonds. The lowest BCUT2D eigenvalue weighted by Crippen LogP contribution is -3.26. The fraction of sp³-hybridized carbons (Fsp3) is 0.846. The van der Waals surface area contributed by atoms with Gasteiger partial charge >= 0.3 is 0 Å². The number of nitrogens with zero attached hydrogens (tertiary/aromatic N) is 1. The molecule has 0 rings (SSSR count). The van der Waals surface area contributed by atoms with Crippen molar-refractivity contribution >= 4 is 11.6 Å². The van der Waals surface area contributed by atoms with Crippen molar-refractivity contribution in [3.63, 3.8) is 0 Å². The monoisotopic (exact) mass is 289 g/mol. The van der Waals surface area contributed by atoms with Crippen LogP contribution in [0.5, 0.6) is 0 Å². The summed E-state index contributed by atoms with van der Waals surface area (Å²) in [6.07, 6.45) is 0. The lowest BCUT2D eigenvalue weighted by atomic mass is 10.0. The number of Topliss-reactive ketones (excluding diaryl/α,β-unsaturated/α-hetero) is 2. The van der Waals surface area contributed by atoms with E-state index in [0.29, 0.717) is 0 Å². The maximum atomic E-state index is 12.3. The highest BCUT2D eigenvalue weighted by Gasteiger charge is 2.39. The minimum absolute atomic E-state index is 0.0355. The highest BCUT2D eigenvalue weighted by molar-refractivity contribution is 5.85. The van der Waals surface area contributed by atoms with Crippen molar-refractivity contribution in [1.29, 1.82) is 0 Å². The maximum absolute atomic E-state index is 12.3. The first-order chi connectivity index (χ1) is 8.75. The van der Waals surface area contributed by atoms with Crippen LogP contribution in [0.2, 0.25) is 0 Å². The molecule has 0 aliphatic heterocycles. The summed E-state index contributed by atoms with van der Waals surface area (Å²) < 4.78 is -1.15. The molecule has 0 bridgehead atoms. The molecule has 0 fully saturated rings. The summed E-state index contributed by atoms with van der Waals surface area (Å²) in [5, 5.41) is 26.8. The Morgan fingerprint density at radius 1 is 1.15 bits per heavy atom. The predicted molar refractivity (Wildman–Crippen MR) is 76.3 cm³/mol. The maximum Gasteiger partial charge on any atom is 0.194 e. The summed E-state index contributed by atoms with van der Waals surface area (Å²) in [5.74, 6) is -0.382. The molecule has 0 aromatic heterocycles. The van der Waals surface area contributed by atoms with E-state index in [1.807, 2.05) is 0 Å². The van der Waals surface area contributed by atoms with Gasteiger partial charge in [-0.3, -0.25) is 14.9 Å². The molecule has 0 heterocycles. The van der Waals surface area contributed by atoms with E-state index in [-0.39, 0.29) is 24.7 Å². The number of hydrogen-bond donors (Lipinski definition) is 2. The Morgan fingerprint density at radius 2 is 1.60 bits per heavy atom. The molecule has 0 aliphatic rings. The SMILES string of the molecule is CC(=O)C(C)(C)NCC[N+](C)([O-])[NH+]([O-])C(C)(C)C(C)=O. The molecule has 118 valence electrons. The van der Waals surface area contributed by atoms with Gasteiger partial charge in [-0.15, -0.1) is 0 Å². The van der Waals surface area contributed by atoms with E-state index in [0.717, 1.165) is 0 Å². The first kappa shape index (κ1) is 19.1. The average Bonchev–Trinajstić information content (AvgIpc) is 2.26. The van der Waals surface area contributed by atoms with Gasteiger partial charge in [-0.2, -0.15) is 0 Å². The van der Waals surface area contributed by atoms with Gasteiger partial charge in [0.15, 0.2) is 11.3 Å². The highest BCUT2D eigenvalue weighted by atomic mass is 16.7. The second-order valence-electron chi connectivity index (χ2n) is 6.42. The van der Waals surface area contributed by atoms with Gasteiger partial charge in [0.05, 0.1) is 12.1 Å². The Morgan fingerprint density at radius 3 is 1.95 bits per heavy atom. The molecule has 20 heavy (non-hydrogen) atoms. The highest BCUT2D eigenvalue weighted by Crippen LogP contribution is 2.04. The van der Waals surface area contributed by atoms with E-state index in [4.69, 9.17) is 0 Å². The minimum atomic E-state index is -1.30. The number of nitrogens with one attached hydrogen (secondary N) is 2. The fourth-order valence-electron chi connectivity index (χ4n) is 1.55. The lowest BCUT2D eigenvalue weighted by Gasteiger charge is -2.50. The number of likely N-dealkylation sites (N-methyl/N-ethyl adjacent to an activating group) is 1. The van der Waals surface area contributed by atoms with Crippen molar-refractivity contribution in [1.82, 2.24) is 5.32 Å². The van der Waals surface area contributed by atoms with Crippen LogP contribution in [0.3, 0.4) is 0 Å². The lowest BCUT2D eigenvalue weighted by molar-refractivity contribution is -1.46. The molecule has 7 heteroatoms. The van der Waals surface area contributed by atoms with E-state index in [9.17, 15) is 20.0 Å². The van der Waals surface area contributed by atoms with Crippen LogP contribution in [0.4, 0.5) is 0 Å². The molecule has 0 aromatic carbocycles. The number of carbonyl (C=O) groups is 2. The van der Waals surface area contributed by atoms with Gasteiger partial charge in [0, 0.05) is 20.8 Å². The molecule has 2 unspecified atom stereocenters. The molecular weight excluding hydrogens is 262 g/mol. The number of ketones is 2. The van der Waals surface area contributed by atoms with Crippen molar-refractivity contribution in [3.8, 4) is 0 Å². The van der Waals surface area contributed by atoms with Gasteiger partial charge in [0.1, 0.15) is 19.4 Å². The smallest absolute Gasteiger partial charge is 0.194 e. The van der Waals surface area contributed by atoms with Crippen molar-refractivity contribution in [2.45, 2.75) is 52.6 Å². The Labute approximate surface area is 120 Å². The third-order valence-electron chi connectivity index (χ3n) is 3.83. The van der Waals surface area contributed by atoms with Crippen LogP contribution >= 0.6 is 0 Å². The third kappa shape index (κ3) is 4.60. The topological polar surface area (TPSA) is 96.7 Å². The van der Waals surface area contributed by atoms with Crippen LogP contribution in [-0.4, -0.2) is 47.5 Å². The summed E-state index contributed by atoms with van der Waals surface area (Å²) in [6, 6.07) is 0. The summed E-state index contributed by atoms with van der Waals surface area (Å²) in [6.45, 7) is 9.28. The molecule has 0 spiro atoms. The predicted octanol–water partition coefficient (Wildman–Crippen LogP) is -0.447. The molecule has 0 aliphatic carbocycles. The van der Waals surface area contributed by atoms with Crippen molar-refractivity contribution in [2.24, 2.45) is 0 Å². The van der Waals surface area contributed by atoms with E-state index < -0.39 is 21.0 Å². The molecule has 0 aromatic rings. The Balaban J connectivity index is 4.69. The standard InChI is InChI=1S/C13H27N3O4/c1-10(17)12(3,4)14-8-9-16(7,20)15(19)13(5,6)11(2)18/h14-15H,8-9H2,1-7H3. The van der Waals surface area contributed by atoms with Gasteiger partial charge in [0.25, 0.3) is 0 Å². The Hall–Kier alpha value is -0.860. The van der Waals surface area contributed by atoms with E-state index >= 15 is 0 Å². The first-order valence-electron chi connectivity index (χ1n) is 6.64. The molecule has 2 atom stereocenters. The quantitative estimate of drug-likeness (QED) is 0.466. The van der Waals surface area contributed by atoms with Crippen LogP contribution in [0.25, 0.3) is 0 Å². The summed E-state index contributed by atoms with van der Waals surface area (Å²) in [5.41, 5.74) is -2.04. The Bertz CT molecular complexity index is 378. The number of rotatable bonds is 8. The second kappa shape index (κ2) is 6.28. The zero-order valence-corrected chi connectivity index (χ0v) is 13.5. The van der Waals surface area contributed by atoms with Gasteiger partial charge in [-0.1, -0.05) is 0 Å². The first-order valence-corrected chi connectivity index (χ1v) is 6.64. The molecule has 0 saturated carbocycles. The van der Waals surface area contributed by atoms with E-state index in [1.165, 1.54) is 34.7 Å². The largest absolute Gasteiger partial charge is 0.583 e. The van der Waals surface area contributed by atoms with Crippen LogP contribution in [-0.2, 0) is 9.59 Å². The van der Waals surface area contributed by atoms with Crippen LogP contribution in [0, 0.1) is 10.4 Å². The molecule has 0 radical (unpaired) electrons. The van der Waals surface area contributed by atoms with Crippen LogP contribution in [0.15, 0.2) is 0 Å². The fourth-order valence-corrected chi connectivity index (χ4v) is 1.55. The normalized spacial score (nSPS) is 17.4. The third-order valence-corrected chi connectivity index (χ3v) is 3.83.